The number of carbonyl (C=O) groups is 1. The van der Waals surface area contributed by atoms with Crippen molar-refractivity contribution >= 4 is 12.4 Å². The van der Waals surface area contributed by atoms with Crippen molar-refractivity contribution in [3.63, 3.8) is 0 Å². The van der Waals surface area contributed by atoms with Crippen LogP contribution in [-0.4, -0.2) is 16.1 Å². The largest absolute Gasteiger partial charge is 0.435 e. The number of nitrogens with zero attached hydrogens (tertiary/aromatic N) is 2. The molecule has 0 fully saturated rings. The zero-order chi connectivity index (χ0) is 10.8. The van der Waals surface area contributed by atoms with E-state index in [0.717, 1.165) is 16.8 Å². The second-order valence-corrected chi connectivity index (χ2v) is 2.57. The van der Waals surface area contributed by atoms with Crippen LogP contribution in [0.25, 0.3) is 6.08 Å². The third kappa shape index (κ3) is 2.21. The van der Waals surface area contributed by atoms with Crippen LogP contribution in [-0.2, 0) is 18.0 Å². The number of rotatable bonds is 2. The minimum atomic E-state index is -4.45. The first kappa shape index (κ1) is 10.5. The lowest BCUT2D eigenvalue weighted by Gasteiger charge is -1.98. The Hall–Kier alpha value is -1.59. The van der Waals surface area contributed by atoms with Gasteiger partial charge in [-0.05, 0) is 18.2 Å². The Bertz CT molecular complexity index is 365. The van der Waals surface area contributed by atoms with Crippen molar-refractivity contribution in [1.29, 1.82) is 0 Å². The average molecular weight is 204 g/mol. The summed E-state index contributed by atoms with van der Waals surface area (Å²) < 4.78 is 37.5. The first-order valence-electron chi connectivity index (χ1n) is 3.68. The van der Waals surface area contributed by atoms with E-state index in [9.17, 15) is 18.0 Å². The molecule has 0 aromatic carbocycles. The highest BCUT2D eigenvalue weighted by Crippen LogP contribution is 2.28. The minimum Gasteiger partial charge on any atom is -0.299 e. The Morgan fingerprint density at radius 2 is 2.14 bits per heavy atom. The molecule has 1 aromatic heterocycles. The SMILES string of the molecule is Cn1nc(C(F)(F)F)cc1/C=C/C=O. The Balaban J connectivity index is 3.05. The van der Waals surface area contributed by atoms with Crippen LogP contribution in [0.3, 0.4) is 0 Å². The molecule has 0 amide bonds. The van der Waals surface area contributed by atoms with Crippen LogP contribution in [0.2, 0.25) is 0 Å². The predicted octanol–water partition coefficient (Wildman–Crippen LogP) is 1.65. The molecule has 14 heavy (non-hydrogen) atoms. The van der Waals surface area contributed by atoms with Gasteiger partial charge in [-0.25, -0.2) is 0 Å². The van der Waals surface area contributed by atoms with E-state index in [4.69, 9.17) is 0 Å². The molecule has 0 unspecified atom stereocenters. The lowest BCUT2D eigenvalue weighted by Crippen LogP contribution is -2.06. The topological polar surface area (TPSA) is 34.9 Å². The van der Waals surface area contributed by atoms with Gasteiger partial charge in [-0.1, -0.05) is 0 Å². The van der Waals surface area contributed by atoms with Crippen LogP contribution < -0.4 is 0 Å². The molecule has 0 aliphatic carbocycles. The molecule has 0 saturated heterocycles. The van der Waals surface area contributed by atoms with Gasteiger partial charge in [-0.15, -0.1) is 0 Å². The molecule has 76 valence electrons. The van der Waals surface area contributed by atoms with E-state index in [-0.39, 0.29) is 5.69 Å². The lowest BCUT2D eigenvalue weighted by atomic mass is 10.3. The van der Waals surface area contributed by atoms with Gasteiger partial charge in [-0.3, -0.25) is 9.48 Å². The normalized spacial score (nSPS) is 12.3. The fourth-order valence-electron chi connectivity index (χ4n) is 0.914. The minimum absolute atomic E-state index is 0.226. The number of allylic oxidation sites excluding steroid dienone is 1. The summed E-state index contributed by atoms with van der Waals surface area (Å²) in [5.74, 6) is 0. The quantitative estimate of drug-likeness (QED) is 0.542. The van der Waals surface area contributed by atoms with Crippen LogP contribution in [0, 0.1) is 0 Å². The van der Waals surface area contributed by atoms with Gasteiger partial charge in [0, 0.05) is 7.05 Å². The molecular weight excluding hydrogens is 197 g/mol. The van der Waals surface area contributed by atoms with Crippen LogP contribution in [0.5, 0.6) is 0 Å². The standard InChI is InChI=1S/C8H7F3N2O/c1-13-6(3-2-4-14)5-7(12-13)8(9,10)11/h2-5H,1H3/b3-2+. The molecule has 0 N–H and O–H groups in total. The van der Waals surface area contributed by atoms with Crippen LogP contribution in [0.1, 0.15) is 11.4 Å². The van der Waals surface area contributed by atoms with E-state index in [0.29, 0.717) is 6.29 Å². The Morgan fingerprint density at radius 3 is 2.57 bits per heavy atom. The van der Waals surface area contributed by atoms with E-state index in [1.165, 1.54) is 13.1 Å². The number of hydrogen-bond acceptors (Lipinski definition) is 2. The molecule has 6 heteroatoms. The van der Waals surface area contributed by atoms with Crippen molar-refractivity contribution in [2.75, 3.05) is 0 Å². The maximum Gasteiger partial charge on any atom is 0.435 e. The van der Waals surface area contributed by atoms with E-state index < -0.39 is 11.9 Å². The van der Waals surface area contributed by atoms with Crippen molar-refractivity contribution in [3.05, 3.63) is 23.5 Å². The Kier molecular flexibility index (Phi) is 2.73. The van der Waals surface area contributed by atoms with Crippen molar-refractivity contribution in [2.24, 2.45) is 7.05 Å². The van der Waals surface area contributed by atoms with E-state index in [2.05, 4.69) is 5.10 Å². The van der Waals surface area contributed by atoms with Gasteiger partial charge in [0.05, 0.1) is 5.69 Å². The van der Waals surface area contributed by atoms with Gasteiger partial charge in [-0.2, -0.15) is 18.3 Å². The first-order chi connectivity index (χ1) is 6.45. The third-order valence-corrected chi connectivity index (χ3v) is 1.55. The third-order valence-electron chi connectivity index (χ3n) is 1.55. The van der Waals surface area contributed by atoms with Gasteiger partial charge in [0.25, 0.3) is 0 Å². The number of alkyl halides is 3. The van der Waals surface area contributed by atoms with E-state index in [1.54, 1.807) is 0 Å². The summed E-state index contributed by atoms with van der Waals surface area (Å²) in [6, 6.07) is 0.875. The molecule has 0 radical (unpaired) electrons. The summed E-state index contributed by atoms with van der Waals surface area (Å²) in [6.07, 6.45) is -1.60. The summed E-state index contributed by atoms with van der Waals surface area (Å²) >= 11 is 0. The van der Waals surface area contributed by atoms with Gasteiger partial charge in [0.1, 0.15) is 6.29 Å². The van der Waals surface area contributed by atoms with Crippen molar-refractivity contribution in [2.45, 2.75) is 6.18 Å². The molecule has 1 heterocycles. The number of aryl methyl sites for hydroxylation is 1. The first-order valence-corrected chi connectivity index (χ1v) is 3.68. The van der Waals surface area contributed by atoms with Gasteiger partial charge < -0.3 is 0 Å². The zero-order valence-corrected chi connectivity index (χ0v) is 7.25. The van der Waals surface area contributed by atoms with Crippen molar-refractivity contribution < 1.29 is 18.0 Å². The Labute approximate surface area is 77.8 Å². The highest BCUT2D eigenvalue weighted by molar-refractivity contribution is 5.73. The van der Waals surface area contributed by atoms with Crippen molar-refractivity contribution in [3.8, 4) is 0 Å². The summed E-state index contributed by atoms with van der Waals surface area (Å²) in [5, 5.41) is 3.26. The maximum atomic E-state index is 12.1. The predicted molar refractivity (Wildman–Crippen MR) is 43.3 cm³/mol. The highest BCUT2D eigenvalue weighted by atomic mass is 19.4. The number of hydrogen-bond donors (Lipinski definition) is 0. The fraction of sp³-hybridized carbons (Fsp3) is 0.250. The molecule has 1 rings (SSSR count). The Morgan fingerprint density at radius 1 is 1.50 bits per heavy atom. The van der Waals surface area contributed by atoms with E-state index >= 15 is 0 Å². The van der Waals surface area contributed by atoms with Crippen LogP contribution in [0.4, 0.5) is 13.2 Å². The number of halogens is 3. The second kappa shape index (κ2) is 3.65. The second-order valence-electron chi connectivity index (χ2n) is 2.57. The molecule has 0 aliphatic heterocycles. The summed E-state index contributed by atoms with van der Waals surface area (Å²) in [5.41, 5.74) is -0.741. The summed E-state index contributed by atoms with van der Waals surface area (Å²) in [6.45, 7) is 0. The van der Waals surface area contributed by atoms with E-state index in [1.807, 2.05) is 0 Å². The molecule has 0 saturated carbocycles. The monoisotopic (exact) mass is 204 g/mol. The number of carbonyl (C=O) groups excluding carboxylic acids is 1. The van der Waals surface area contributed by atoms with Gasteiger partial charge in [0.2, 0.25) is 0 Å². The molecular formula is C8H7F3N2O. The van der Waals surface area contributed by atoms with Gasteiger partial charge in [0.15, 0.2) is 5.69 Å². The van der Waals surface area contributed by atoms with Crippen LogP contribution >= 0.6 is 0 Å². The molecule has 1 aromatic rings. The number of aldehydes is 1. The summed E-state index contributed by atoms with van der Waals surface area (Å²) in [4.78, 5) is 9.95. The fourth-order valence-corrected chi connectivity index (χ4v) is 0.914. The maximum absolute atomic E-state index is 12.1. The highest BCUT2D eigenvalue weighted by Gasteiger charge is 2.34. The molecule has 0 bridgehead atoms. The number of aromatic nitrogens is 2. The molecule has 0 atom stereocenters. The summed E-state index contributed by atoms with van der Waals surface area (Å²) in [7, 11) is 1.37. The van der Waals surface area contributed by atoms with Crippen LogP contribution in [0.15, 0.2) is 12.1 Å². The average Bonchev–Trinajstić information content (AvgIpc) is 2.43. The van der Waals surface area contributed by atoms with Crippen molar-refractivity contribution in [1.82, 2.24) is 9.78 Å². The lowest BCUT2D eigenvalue weighted by molar-refractivity contribution is -0.141. The molecule has 0 spiro atoms. The zero-order valence-electron chi connectivity index (χ0n) is 7.25. The van der Waals surface area contributed by atoms with Gasteiger partial charge >= 0.3 is 6.18 Å². The molecule has 0 aliphatic rings. The smallest absolute Gasteiger partial charge is 0.299 e. The molecule has 3 nitrogen and oxygen atoms in total.